The van der Waals surface area contributed by atoms with Gasteiger partial charge in [-0.2, -0.15) is 0 Å². The van der Waals surface area contributed by atoms with Gasteiger partial charge in [0.15, 0.2) is 0 Å². The number of aromatic carboxylic acids is 1. The second-order valence-corrected chi connectivity index (χ2v) is 5.11. The van der Waals surface area contributed by atoms with E-state index in [1.807, 2.05) is 41.0 Å². The van der Waals surface area contributed by atoms with Crippen LogP contribution in [0, 0.1) is 6.92 Å². The third-order valence-electron chi connectivity index (χ3n) is 3.75. The second kappa shape index (κ2) is 5.96. The van der Waals surface area contributed by atoms with E-state index in [-0.39, 0.29) is 5.56 Å². The molecule has 3 rings (SSSR count). The third kappa shape index (κ3) is 2.68. The molecule has 23 heavy (non-hydrogen) atoms. The van der Waals surface area contributed by atoms with E-state index in [0.29, 0.717) is 5.69 Å². The van der Waals surface area contributed by atoms with Crippen LogP contribution in [0.4, 0.5) is 0 Å². The molecular weight excluding hydrogens is 292 g/mol. The Morgan fingerprint density at radius 3 is 2.70 bits per heavy atom. The maximum absolute atomic E-state index is 11.5. The minimum absolute atomic E-state index is 0.270. The summed E-state index contributed by atoms with van der Waals surface area (Å²) in [5, 5.41) is 9.44. The highest BCUT2D eigenvalue weighted by Crippen LogP contribution is 2.31. The lowest BCUT2D eigenvalue weighted by Gasteiger charge is -2.12. The molecule has 0 amide bonds. The summed E-state index contributed by atoms with van der Waals surface area (Å²) in [5.74, 6) is -0.231. The largest absolute Gasteiger partial charge is 0.497 e. The summed E-state index contributed by atoms with van der Waals surface area (Å²) in [4.78, 5) is 15.7. The number of methoxy groups -OCH3 is 1. The normalized spacial score (nSPS) is 10.5. The van der Waals surface area contributed by atoms with Crippen molar-refractivity contribution in [2.75, 3.05) is 7.11 Å². The smallest absolute Gasteiger partial charge is 0.337 e. The molecular formula is C18H16N2O3. The van der Waals surface area contributed by atoms with Crippen molar-refractivity contribution in [3.63, 3.8) is 0 Å². The Bertz CT molecular complexity index is 854. The molecule has 0 radical (unpaired) electrons. The van der Waals surface area contributed by atoms with Gasteiger partial charge >= 0.3 is 5.97 Å². The molecule has 116 valence electrons. The zero-order valence-electron chi connectivity index (χ0n) is 12.9. The van der Waals surface area contributed by atoms with Crippen LogP contribution in [0.25, 0.3) is 16.9 Å². The molecule has 1 N–H and O–H groups in total. The van der Waals surface area contributed by atoms with E-state index >= 15 is 0 Å². The SMILES string of the molecule is COc1cccc(-c2cc(C(=O)O)c(C)n2-c2cccnc2)c1. The Hall–Kier alpha value is -3.08. The maximum Gasteiger partial charge on any atom is 0.337 e. The number of benzene rings is 1. The van der Waals surface area contributed by atoms with Gasteiger partial charge in [0, 0.05) is 17.5 Å². The number of pyridine rings is 1. The summed E-state index contributed by atoms with van der Waals surface area (Å²) in [7, 11) is 1.60. The molecule has 3 aromatic rings. The molecule has 0 fully saturated rings. The first-order chi connectivity index (χ1) is 11.1. The molecule has 5 heteroatoms. The summed E-state index contributed by atoms with van der Waals surface area (Å²) in [6, 6.07) is 12.9. The van der Waals surface area contributed by atoms with Crippen LogP contribution in [0.3, 0.4) is 0 Å². The molecule has 2 aromatic heterocycles. The fraction of sp³-hybridized carbons (Fsp3) is 0.111. The highest BCUT2D eigenvalue weighted by atomic mass is 16.5. The van der Waals surface area contributed by atoms with Crippen LogP contribution in [0.15, 0.2) is 54.9 Å². The molecule has 5 nitrogen and oxygen atoms in total. The molecule has 0 saturated carbocycles. The van der Waals surface area contributed by atoms with Crippen LogP contribution >= 0.6 is 0 Å². The van der Waals surface area contributed by atoms with E-state index in [0.717, 1.165) is 22.7 Å². The predicted octanol–water partition coefficient (Wildman–Crippen LogP) is 3.55. The van der Waals surface area contributed by atoms with Gasteiger partial charge in [0.1, 0.15) is 5.75 Å². The van der Waals surface area contributed by atoms with Crippen LogP contribution in [-0.4, -0.2) is 27.7 Å². The van der Waals surface area contributed by atoms with E-state index < -0.39 is 5.97 Å². The summed E-state index contributed by atoms with van der Waals surface area (Å²) in [5.41, 5.74) is 3.40. The topological polar surface area (TPSA) is 64.3 Å². The molecule has 0 bridgehead atoms. The first-order valence-corrected chi connectivity index (χ1v) is 7.12. The zero-order valence-corrected chi connectivity index (χ0v) is 12.9. The number of nitrogens with zero attached hydrogens (tertiary/aromatic N) is 2. The zero-order chi connectivity index (χ0) is 16.4. The lowest BCUT2D eigenvalue weighted by atomic mass is 10.1. The fourth-order valence-electron chi connectivity index (χ4n) is 2.64. The first-order valence-electron chi connectivity index (χ1n) is 7.12. The van der Waals surface area contributed by atoms with Gasteiger partial charge in [-0.1, -0.05) is 12.1 Å². The molecule has 0 saturated heterocycles. The minimum atomic E-state index is -0.950. The standard InChI is InChI=1S/C18H16N2O3/c1-12-16(18(21)22)10-17(13-5-3-7-15(9-13)23-2)20(12)14-6-4-8-19-11-14/h3-11H,1-2H3,(H,21,22). The number of hydrogen-bond acceptors (Lipinski definition) is 3. The molecule has 0 atom stereocenters. The minimum Gasteiger partial charge on any atom is -0.497 e. The number of carbonyl (C=O) groups is 1. The van der Waals surface area contributed by atoms with E-state index in [9.17, 15) is 9.90 Å². The van der Waals surface area contributed by atoms with Crippen LogP contribution in [0.2, 0.25) is 0 Å². The summed E-state index contributed by atoms with van der Waals surface area (Å²) < 4.78 is 7.16. The Labute approximate surface area is 133 Å². The molecule has 0 unspecified atom stereocenters. The molecule has 1 aromatic carbocycles. The van der Waals surface area contributed by atoms with Crippen molar-refractivity contribution >= 4 is 5.97 Å². The Morgan fingerprint density at radius 2 is 2.04 bits per heavy atom. The predicted molar refractivity (Wildman–Crippen MR) is 87.2 cm³/mol. The lowest BCUT2D eigenvalue weighted by Crippen LogP contribution is -2.02. The summed E-state index contributed by atoms with van der Waals surface area (Å²) in [6.45, 7) is 1.79. The Kier molecular flexibility index (Phi) is 3.85. The van der Waals surface area contributed by atoms with Crippen molar-refractivity contribution in [2.24, 2.45) is 0 Å². The van der Waals surface area contributed by atoms with Gasteiger partial charge in [0.05, 0.1) is 30.3 Å². The van der Waals surface area contributed by atoms with Gasteiger partial charge in [-0.25, -0.2) is 4.79 Å². The van der Waals surface area contributed by atoms with E-state index in [1.54, 1.807) is 32.5 Å². The van der Waals surface area contributed by atoms with Crippen LogP contribution < -0.4 is 4.74 Å². The molecule has 0 aliphatic carbocycles. The van der Waals surface area contributed by atoms with Crippen molar-refractivity contribution in [1.82, 2.24) is 9.55 Å². The highest BCUT2D eigenvalue weighted by molar-refractivity contribution is 5.91. The maximum atomic E-state index is 11.5. The lowest BCUT2D eigenvalue weighted by molar-refractivity contribution is 0.0696. The van der Waals surface area contributed by atoms with E-state index in [2.05, 4.69) is 4.98 Å². The van der Waals surface area contributed by atoms with Crippen molar-refractivity contribution in [3.8, 4) is 22.7 Å². The second-order valence-electron chi connectivity index (χ2n) is 5.11. The average molecular weight is 308 g/mol. The van der Waals surface area contributed by atoms with E-state index in [4.69, 9.17) is 4.74 Å². The van der Waals surface area contributed by atoms with Crippen LogP contribution in [0.1, 0.15) is 16.1 Å². The van der Waals surface area contributed by atoms with Gasteiger partial charge in [-0.15, -0.1) is 0 Å². The fourth-order valence-corrected chi connectivity index (χ4v) is 2.64. The van der Waals surface area contributed by atoms with Crippen LogP contribution in [-0.2, 0) is 0 Å². The molecule has 2 heterocycles. The van der Waals surface area contributed by atoms with Gasteiger partial charge in [-0.3, -0.25) is 4.98 Å². The van der Waals surface area contributed by atoms with Crippen LogP contribution in [0.5, 0.6) is 5.75 Å². The number of hydrogen-bond donors (Lipinski definition) is 1. The number of aromatic nitrogens is 2. The van der Waals surface area contributed by atoms with E-state index in [1.165, 1.54) is 0 Å². The molecule has 0 spiro atoms. The first kappa shape index (κ1) is 14.8. The molecule has 0 aliphatic rings. The van der Waals surface area contributed by atoms with Crippen molar-refractivity contribution in [1.29, 1.82) is 0 Å². The summed E-state index contributed by atoms with van der Waals surface area (Å²) >= 11 is 0. The highest BCUT2D eigenvalue weighted by Gasteiger charge is 2.19. The number of carboxylic acids is 1. The van der Waals surface area contributed by atoms with Gasteiger partial charge in [0.25, 0.3) is 0 Å². The number of ether oxygens (including phenoxy) is 1. The quantitative estimate of drug-likeness (QED) is 0.800. The average Bonchev–Trinajstić information content (AvgIpc) is 2.93. The molecule has 0 aliphatic heterocycles. The van der Waals surface area contributed by atoms with Gasteiger partial charge in [-0.05, 0) is 37.3 Å². The number of carboxylic acid groups (broad SMARTS) is 1. The Morgan fingerprint density at radius 1 is 1.22 bits per heavy atom. The van der Waals surface area contributed by atoms with Crippen molar-refractivity contribution in [3.05, 3.63) is 66.1 Å². The van der Waals surface area contributed by atoms with Crippen molar-refractivity contribution in [2.45, 2.75) is 6.92 Å². The number of rotatable bonds is 4. The van der Waals surface area contributed by atoms with Gasteiger partial charge in [0.2, 0.25) is 0 Å². The monoisotopic (exact) mass is 308 g/mol. The van der Waals surface area contributed by atoms with Crippen molar-refractivity contribution < 1.29 is 14.6 Å². The van der Waals surface area contributed by atoms with Gasteiger partial charge < -0.3 is 14.4 Å². The third-order valence-corrected chi connectivity index (χ3v) is 3.75. The Balaban J connectivity index is 2.27. The summed E-state index contributed by atoms with van der Waals surface area (Å²) in [6.07, 6.45) is 3.40.